The SMILES string of the molecule is COCC(N)CN(C)S(=O)(=O)CC1CCCO1. The lowest BCUT2D eigenvalue weighted by Crippen LogP contribution is -2.43. The zero-order valence-corrected chi connectivity index (χ0v) is 11.3. The van der Waals surface area contributed by atoms with Crippen molar-refractivity contribution in [1.82, 2.24) is 4.31 Å². The lowest BCUT2D eigenvalue weighted by molar-refractivity contribution is 0.126. The van der Waals surface area contributed by atoms with Crippen LogP contribution in [0.15, 0.2) is 0 Å². The largest absolute Gasteiger partial charge is 0.383 e. The molecule has 1 aliphatic heterocycles. The van der Waals surface area contributed by atoms with Crippen molar-refractivity contribution in [2.45, 2.75) is 25.0 Å². The monoisotopic (exact) mass is 266 g/mol. The van der Waals surface area contributed by atoms with E-state index in [0.717, 1.165) is 12.8 Å². The molecule has 0 aromatic heterocycles. The average Bonchev–Trinajstić information content (AvgIpc) is 2.69. The molecule has 1 rings (SSSR count). The molecule has 1 fully saturated rings. The molecule has 0 bridgehead atoms. The molecule has 0 radical (unpaired) electrons. The summed E-state index contributed by atoms with van der Waals surface area (Å²) in [6, 6.07) is -0.302. The van der Waals surface area contributed by atoms with E-state index in [2.05, 4.69) is 0 Å². The van der Waals surface area contributed by atoms with E-state index < -0.39 is 10.0 Å². The summed E-state index contributed by atoms with van der Waals surface area (Å²) in [5.41, 5.74) is 5.73. The Morgan fingerprint density at radius 2 is 2.29 bits per heavy atom. The van der Waals surface area contributed by atoms with Crippen LogP contribution in [0.1, 0.15) is 12.8 Å². The summed E-state index contributed by atoms with van der Waals surface area (Å²) >= 11 is 0. The van der Waals surface area contributed by atoms with Gasteiger partial charge in [-0.05, 0) is 12.8 Å². The Hall–Kier alpha value is -0.210. The van der Waals surface area contributed by atoms with Gasteiger partial charge in [0.2, 0.25) is 10.0 Å². The van der Waals surface area contributed by atoms with Gasteiger partial charge in [0.25, 0.3) is 0 Å². The van der Waals surface area contributed by atoms with Crippen LogP contribution in [0.5, 0.6) is 0 Å². The molecule has 17 heavy (non-hydrogen) atoms. The van der Waals surface area contributed by atoms with Gasteiger partial charge in [-0.15, -0.1) is 0 Å². The first-order valence-electron chi connectivity index (χ1n) is 5.76. The van der Waals surface area contributed by atoms with E-state index in [0.29, 0.717) is 13.2 Å². The highest BCUT2D eigenvalue weighted by molar-refractivity contribution is 7.89. The summed E-state index contributed by atoms with van der Waals surface area (Å²) in [4.78, 5) is 0. The highest BCUT2D eigenvalue weighted by Crippen LogP contribution is 2.15. The fraction of sp³-hybridized carbons (Fsp3) is 1.00. The summed E-state index contributed by atoms with van der Waals surface area (Å²) in [5, 5.41) is 0. The quantitative estimate of drug-likeness (QED) is 0.665. The fourth-order valence-electron chi connectivity index (χ4n) is 1.85. The maximum Gasteiger partial charge on any atom is 0.216 e. The fourth-order valence-corrected chi connectivity index (χ4v) is 3.25. The lowest BCUT2D eigenvalue weighted by atomic mass is 10.3. The lowest BCUT2D eigenvalue weighted by Gasteiger charge is -2.22. The number of hydrogen-bond donors (Lipinski definition) is 1. The third kappa shape index (κ3) is 4.89. The number of rotatable bonds is 7. The molecule has 2 unspecified atom stereocenters. The van der Waals surface area contributed by atoms with E-state index in [1.54, 1.807) is 14.2 Å². The maximum atomic E-state index is 12.0. The predicted molar refractivity (Wildman–Crippen MR) is 65.2 cm³/mol. The molecule has 102 valence electrons. The minimum Gasteiger partial charge on any atom is -0.383 e. The molecule has 0 aromatic carbocycles. The second-order valence-electron chi connectivity index (χ2n) is 4.41. The number of ether oxygens (including phenoxy) is 2. The topological polar surface area (TPSA) is 81.9 Å². The van der Waals surface area contributed by atoms with E-state index in [-0.39, 0.29) is 24.4 Å². The van der Waals surface area contributed by atoms with Crippen molar-refractivity contribution in [1.29, 1.82) is 0 Å². The Kier molecular flexibility index (Phi) is 5.81. The highest BCUT2D eigenvalue weighted by Gasteiger charge is 2.27. The number of hydrogen-bond acceptors (Lipinski definition) is 5. The molecule has 2 N–H and O–H groups in total. The van der Waals surface area contributed by atoms with Gasteiger partial charge in [-0.2, -0.15) is 0 Å². The van der Waals surface area contributed by atoms with Gasteiger partial charge in [0.05, 0.1) is 18.5 Å². The first-order chi connectivity index (χ1) is 7.95. The van der Waals surface area contributed by atoms with Gasteiger partial charge in [-0.1, -0.05) is 0 Å². The van der Waals surface area contributed by atoms with Crippen molar-refractivity contribution >= 4 is 10.0 Å². The molecule has 1 aliphatic rings. The van der Waals surface area contributed by atoms with Crippen molar-refractivity contribution in [2.24, 2.45) is 5.73 Å². The molecule has 2 atom stereocenters. The van der Waals surface area contributed by atoms with E-state index in [1.165, 1.54) is 4.31 Å². The van der Waals surface area contributed by atoms with Crippen molar-refractivity contribution in [3.05, 3.63) is 0 Å². The van der Waals surface area contributed by atoms with Gasteiger partial charge in [0, 0.05) is 33.4 Å². The van der Waals surface area contributed by atoms with E-state index in [9.17, 15) is 8.42 Å². The zero-order chi connectivity index (χ0) is 12.9. The average molecular weight is 266 g/mol. The first kappa shape index (κ1) is 14.8. The van der Waals surface area contributed by atoms with Gasteiger partial charge in [0.1, 0.15) is 0 Å². The number of methoxy groups -OCH3 is 1. The molecule has 0 saturated carbocycles. The van der Waals surface area contributed by atoms with Crippen LogP contribution in [-0.2, 0) is 19.5 Å². The third-order valence-corrected chi connectivity index (χ3v) is 4.66. The molecule has 0 spiro atoms. The molecule has 7 heteroatoms. The molecule has 0 aromatic rings. The summed E-state index contributed by atoms with van der Waals surface area (Å²) in [6.07, 6.45) is 1.59. The van der Waals surface area contributed by atoms with Gasteiger partial charge < -0.3 is 15.2 Å². The highest BCUT2D eigenvalue weighted by atomic mass is 32.2. The maximum absolute atomic E-state index is 12.0. The number of nitrogens with zero attached hydrogens (tertiary/aromatic N) is 1. The molecule has 0 aliphatic carbocycles. The molecule has 0 amide bonds. The van der Waals surface area contributed by atoms with Crippen molar-refractivity contribution in [3.63, 3.8) is 0 Å². The van der Waals surface area contributed by atoms with Crippen LogP contribution in [0.2, 0.25) is 0 Å². The zero-order valence-electron chi connectivity index (χ0n) is 10.5. The second kappa shape index (κ2) is 6.65. The van der Waals surface area contributed by atoms with E-state index in [4.69, 9.17) is 15.2 Å². The number of nitrogens with two attached hydrogens (primary N) is 1. The third-order valence-electron chi connectivity index (χ3n) is 2.77. The van der Waals surface area contributed by atoms with Crippen LogP contribution >= 0.6 is 0 Å². The van der Waals surface area contributed by atoms with E-state index >= 15 is 0 Å². The van der Waals surface area contributed by atoms with Crippen molar-refractivity contribution < 1.29 is 17.9 Å². The normalized spacial score (nSPS) is 23.2. The van der Waals surface area contributed by atoms with Gasteiger partial charge in [0.15, 0.2) is 0 Å². The summed E-state index contributed by atoms with van der Waals surface area (Å²) in [5.74, 6) is 0.0448. The Morgan fingerprint density at radius 1 is 1.59 bits per heavy atom. The summed E-state index contributed by atoms with van der Waals surface area (Å²) in [7, 11) is -0.200. The van der Waals surface area contributed by atoms with Gasteiger partial charge in [-0.3, -0.25) is 0 Å². The van der Waals surface area contributed by atoms with E-state index in [1.807, 2.05) is 0 Å². The number of sulfonamides is 1. The smallest absolute Gasteiger partial charge is 0.216 e. The number of likely N-dealkylation sites (N-methyl/N-ethyl adjacent to an activating group) is 1. The predicted octanol–water partition coefficient (Wildman–Crippen LogP) is -0.599. The van der Waals surface area contributed by atoms with Gasteiger partial charge >= 0.3 is 0 Å². The Labute approximate surface area is 103 Å². The minimum absolute atomic E-state index is 0.0448. The van der Waals surface area contributed by atoms with Crippen molar-refractivity contribution in [3.8, 4) is 0 Å². The molecule has 1 heterocycles. The van der Waals surface area contributed by atoms with Crippen LogP contribution in [0.25, 0.3) is 0 Å². The van der Waals surface area contributed by atoms with Crippen LogP contribution in [0.4, 0.5) is 0 Å². The Balaban J connectivity index is 2.44. The Bertz CT molecular complexity index is 314. The van der Waals surface area contributed by atoms with Crippen LogP contribution in [-0.4, -0.2) is 64.5 Å². The molecule has 6 nitrogen and oxygen atoms in total. The van der Waals surface area contributed by atoms with Gasteiger partial charge in [-0.25, -0.2) is 12.7 Å². The second-order valence-corrected chi connectivity index (χ2v) is 6.53. The van der Waals surface area contributed by atoms with Crippen LogP contribution < -0.4 is 5.73 Å². The summed E-state index contributed by atoms with van der Waals surface area (Å²) < 4.78 is 35.5. The van der Waals surface area contributed by atoms with Crippen molar-refractivity contribution in [2.75, 3.05) is 39.7 Å². The Morgan fingerprint density at radius 3 is 2.82 bits per heavy atom. The van der Waals surface area contributed by atoms with Crippen LogP contribution in [0, 0.1) is 0 Å². The molecular weight excluding hydrogens is 244 g/mol. The molecular formula is C10H22N2O4S. The summed E-state index contributed by atoms with van der Waals surface area (Å²) in [6.45, 7) is 1.27. The molecule has 1 saturated heterocycles. The standard InChI is InChI=1S/C10H22N2O4S/c1-12(6-9(11)7-15-2)17(13,14)8-10-4-3-5-16-10/h9-10H,3-8,11H2,1-2H3. The first-order valence-corrected chi connectivity index (χ1v) is 7.36. The van der Waals surface area contributed by atoms with Crippen LogP contribution in [0.3, 0.4) is 0 Å². The minimum atomic E-state index is -3.28.